The van der Waals surface area contributed by atoms with Gasteiger partial charge in [0.2, 0.25) is 5.75 Å². The van der Waals surface area contributed by atoms with Crippen molar-refractivity contribution in [2.75, 3.05) is 20.6 Å². The summed E-state index contributed by atoms with van der Waals surface area (Å²) in [6, 6.07) is 6.66. The summed E-state index contributed by atoms with van der Waals surface area (Å²) in [4.78, 5) is 28.3. The maximum atomic E-state index is 12.5. The molecule has 0 radical (unpaired) electrons. The van der Waals surface area contributed by atoms with E-state index in [2.05, 4.69) is 64.7 Å². The van der Waals surface area contributed by atoms with E-state index in [9.17, 15) is 14.7 Å². The minimum atomic E-state index is -1.64. The van der Waals surface area contributed by atoms with Crippen molar-refractivity contribution >= 4 is 17.1 Å². The van der Waals surface area contributed by atoms with Crippen molar-refractivity contribution in [3.8, 4) is 22.8 Å². The van der Waals surface area contributed by atoms with Crippen molar-refractivity contribution in [3.05, 3.63) is 45.4 Å². The molecule has 0 saturated heterocycles. The number of fused-ring (bicyclic) bond motifs is 4. The molecule has 9 heteroatoms. The number of pyridine rings is 1. The van der Waals surface area contributed by atoms with Gasteiger partial charge in [0, 0.05) is 53.9 Å². The molecule has 4 N–H and O–H groups in total. The van der Waals surface area contributed by atoms with E-state index < -0.39 is 23.2 Å². The summed E-state index contributed by atoms with van der Waals surface area (Å²) in [5, 5.41) is 24.1. The summed E-state index contributed by atoms with van der Waals surface area (Å²) in [5.74, 6) is -0.984. The standard InChI is InChI=1S/C24H30N4O5/c1-13(12-27(2)3)25-11-16-8-15-9-18-14(10-19(15)28(16)4)6-5-7-17-20(18)26-23(30)22(21(17)29)33-24(31)32/h8-10,13,25H,5-7,11-12H2,1-4H3,(H,31,32)(H2,26,29,30). The smallest absolute Gasteiger partial charge is 0.504 e. The number of ether oxygens (including phenoxy) is 1. The number of benzene rings is 1. The Bertz CT molecular complexity index is 1270. The van der Waals surface area contributed by atoms with E-state index in [0.717, 1.165) is 53.7 Å². The summed E-state index contributed by atoms with van der Waals surface area (Å²) in [5.41, 5.74) is 4.42. The normalized spacial score (nSPS) is 14.1. The van der Waals surface area contributed by atoms with Crippen LogP contribution in [0.1, 0.15) is 30.2 Å². The monoisotopic (exact) mass is 454 g/mol. The molecule has 176 valence electrons. The number of aromatic amines is 1. The quantitative estimate of drug-likeness (QED) is 0.423. The van der Waals surface area contributed by atoms with Crippen molar-refractivity contribution in [2.45, 2.75) is 38.8 Å². The second-order valence-corrected chi connectivity index (χ2v) is 9.01. The Labute approximate surface area is 191 Å². The van der Waals surface area contributed by atoms with Gasteiger partial charge in [-0.25, -0.2) is 4.79 Å². The number of aryl methyl sites for hydroxylation is 2. The third kappa shape index (κ3) is 4.46. The zero-order valence-electron chi connectivity index (χ0n) is 19.4. The van der Waals surface area contributed by atoms with E-state index in [0.29, 0.717) is 23.7 Å². The van der Waals surface area contributed by atoms with Gasteiger partial charge in [-0.1, -0.05) is 0 Å². The molecule has 3 aromatic rings. The van der Waals surface area contributed by atoms with Crippen LogP contribution in [-0.2, 0) is 26.4 Å². The molecule has 0 aliphatic heterocycles. The van der Waals surface area contributed by atoms with E-state index in [1.54, 1.807) is 0 Å². The molecule has 9 nitrogen and oxygen atoms in total. The average Bonchev–Trinajstić information content (AvgIpc) is 2.92. The highest BCUT2D eigenvalue weighted by Gasteiger charge is 2.25. The summed E-state index contributed by atoms with van der Waals surface area (Å²) in [6.07, 6.45) is 0.378. The molecule has 0 saturated carbocycles. The molecule has 0 spiro atoms. The van der Waals surface area contributed by atoms with Crippen LogP contribution in [0.3, 0.4) is 0 Å². The van der Waals surface area contributed by atoms with Gasteiger partial charge in [0.15, 0.2) is 5.75 Å². The van der Waals surface area contributed by atoms with Crippen molar-refractivity contribution in [2.24, 2.45) is 7.05 Å². The van der Waals surface area contributed by atoms with Crippen molar-refractivity contribution in [1.29, 1.82) is 0 Å². The molecule has 0 fully saturated rings. The van der Waals surface area contributed by atoms with E-state index in [-0.39, 0.29) is 0 Å². The lowest BCUT2D eigenvalue weighted by Gasteiger charge is -2.18. The highest BCUT2D eigenvalue weighted by Crippen LogP contribution is 2.40. The first-order valence-electron chi connectivity index (χ1n) is 11.0. The third-order valence-corrected chi connectivity index (χ3v) is 6.22. The minimum Gasteiger partial charge on any atom is -0.504 e. The van der Waals surface area contributed by atoms with E-state index in [1.165, 1.54) is 0 Å². The Balaban J connectivity index is 1.76. The zero-order valence-corrected chi connectivity index (χ0v) is 19.4. The number of nitrogens with zero attached hydrogens (tertiary/aromatic N) is 2. The predicted octanol–water partition coefficient (Wildman–Crippen LogP) is 2.82. The van der Waals surface area contributed by atoms with Crippen LogP contribution in [0.2, 0.25) is 0 Å². The second-order valence-electron chi connectivity index (χ2n) is 9.01. The van der Waals surface area contributed by atoms with Gasteiger partial charge in [-0.05, 0) is 64.0 Å². The largest absolute Gasteiger partial charge is 0.511 e. The van der Waals surface area contributed by atoms with Gasteiger partial charge in [0.1, 0.15) is 0 Å². The molecular formula is C24H30N4O5. The maximum absolute atomic E-state index is 12.5. The van der Waals surface area contributed by atoms with Crippen LogP contribution in [-0.4, -0.2) is 57.5 Å². The minimum absolute atomic E-state index is 0.344. The Morgan fingerprint density at radius 2 is 2.06 bits per heavy atom. The van der Waals surface area contributed by atoms with Crippen LogP contribution < -0.4 is 15.6 Å². The molecule has 1 aromatic carbocycles. The number of carbonyl (C=O) groups is 1. The molecular weight excluding hydrogens is 424 g/mol. The molecule has 2 aromatic heterocycles. The van der Waals surface area contributed by atoms with Crippen LogP contribution in [0.4, 0.5) is 4.79 Å². The van der Waals surface area contributed by atoms with E-state index in [1.807, 2.05) is 6.07 Å². The maximum Gasteiger partial charge on any atom is 0.511 e. The van der Waals surface area contributed by atoms with Gasteiger partial charge in [0.05, 0.1) is 5.69 Å². The SMILES string of the molecule is CC(CN(C)C)NCc1cc2cc3c(cc2n1C)CCCc1c-3[nH]c(=O)c(OC(=O)O)c1O. The highest BCUT2D eigenvalue weighted by atomic mass is 16.7. The second kappa shape index (κ2) is 8.92. The van der Waals surface area contributed by atoms with Crippen LogP contribution in [0.25, 0.3) is 22.2 Å². The molecule has 1 unspecified atom stereocenters. The average molecular weight is 455 g/mol. The van der Waals surface area contributed by atoms with Crippen molar-refractivity contribution in [1.82, 2.24) is 19.8 Å². The molecule has 4 rings (SSSR count). The summed E-state index contributed by atoms with van der Waals surface area (Å²) < 4.78 is 6.72. The predicted molar refractivity (Wildman–Crippen MR) is 126 cm³/mol. The summed E-state index contributed by atoms with van der Waals surface area (Å²) in [7, 11) is 6.16. The van der Waals surface area contributed by atoms with Gasteiger partial charge < -0.3 is 34.7 Å². The van der Waals surface area contributed by atoms with Gasteiger partial charge >= 0.3 is 6.16 Å². The molecule has 0 bridgehead atoms. The number of aromatic nitrogens is 2. The number of nitrogens with one attached hydrogen (secondary N) is 2. The van der Waals surface area contributed by atoms with Crippen LogP contribution in [0.15, 0.2) is 23.0 Å². The molecule has 1 aliphatic rings. The number of likely N-dealkylation sites (N-methyl/N-ethyl adjacent to an activating group) is 1. The Morgan fingerprint density at radius 1 is 1.30 bits per heavy atom. The first kappa shape index (κ1) is 22.9. The Morgan fingerprint density at radius 3 is 2.76 bits per heavy atom. The Hall–Kier alpha value is -3.30. The summed E-state index contributed by atoms with van der Waals surface area (Å²) >= 11 is 0. The van der Waals surface area contributed by atoms with Gasteiger partial charge in [0.25, 0.3) is 5.56 Å². The highest BCUT2D eigenvalue weighted by molar-refractivity contribution is 5.89. The lowest BCUT2D eigenvalue weighted by Crippen LogP contribution is -2.35. The Kier molecular flexibility index (Phi) is 6.18. The first-order chi connectivity index (χ1) is 15.7. The van der Waals surface area contributed by atoms with E-state index >= 15 is 0 Å². The third-order valence-electron chi connectivity index (χ3n) is 6.22. The molecule has 1 aliphatic carbocycles. The molecule has 2 heterocycles. The number of hydrogen-bond acceptors (Lipinski definition) is 6. The lowest BCUT2D eigenvalue weighted by atomic mass is 9.99. The zero-order chi connectivity index (χ0) is 23.9. The number of H-pyrrole nitrogens is 1. The number of carboxylic acid groups (broad SMARTS) is 1. The van der Waals surface area contributed by atoms with Crippen LogP contribution in [0, 0.1) is 0 Å². The number of aromatic hydroxyl groups is 1. The molecule has 0 amide bonds. The molecule has 1 atom stereocenters. The van der Waals surface area contributed by atoms with Gasteiger partial charge in [-0.15, -0.1) is 0 Å². The topological polar surface area (TPSA) is 120 Å². The fourth-order valence-electron chi connectivity index (χ4n) is 4.71. The fraction of sp³-hybridized carbons (Fsp3) is 0.417. The van der Waals surface area contributed by atoms with E-state index in [4.69, 9.17) is 5.11 Å². The van der Waals surface area contributed by atoms with Gasteiger partial charge in [-0.3, -0.25) is 4.79 Å². The van der Waals surface area contributed by atoms with Crippen LogP contribution in [0.5, 0.6) is 11.5 Å². The van der Waals surface area contributed by atoms with Crippen LogP contribution >= 0.6 is 0 Å². The summed E-state index contributed by atoms with van der Waals surface area (Å²) in [6.45, 7) is 3.83. The number of rotatable bonds is 6. The van der Waals surface area contributed by atoms with Gasteiger partial charge in [-0.2, -0.15) is 0 Å². The van der Waals surface area contributed by atoms with Crippen molar-refractivity contribution in [3.63, 3.8) is 0 Å². The lowest BCUT2D eigenvalue weighted by molar-refractivity contribution is 0.142. The van der Waals surface area contributed by atoms with Crippen molar-refractivity contribution < 1.29 is 19.7 Å². The first-order valence-corrected chi connectivity index (χ1v) is 11.0. The fourth-order valence-corrected chi connectivity index (χ4v) is 4.71. The molecule has 33 heavy (non-hydrogen) atoms. The number of hydrogen-bond donors (Lipinski definition) is 4.